The Morgan fingerprint density at radius 2 is 1.76 bits per heavy atom. The smallest absolute Gasteiger partial charge is 0.267 e. The van der Waals surface area contributed by atoms with Crippen LogP contribution >= 0.6 is 39.1 Å². The number of fused-ring (bicyclic) bond motifs is 1. The highest BCUT2D eigenvalue weighted by molar-refractivity contribution is 9.10. The van der Waals surface area contributed by atoms with Gasteiger partial charge in [0.05, 0.1) is 27.5 Å². The molecule has 1 heterocycles. The third kappa shape index (κ3) is 4.81. The van der Waals surface area contributed by atoms with Crippen LogP contribution in [0.5, 0.6) is 0 Å². The summed E-state index contributed by atoms with van der Waals surface area (Å²) < 4.78 is 1.00. The Morgan fingerprint density at radius 3 is 2.48 bits per heavy atom. The molecule has 1 aliphatic carbocycles. The second-order valence-electron chi connectivity index (χ2n) is 7.92. The molecule has 1 fully saturated rings. The summed E-state index contributed by atoms with van der Waals surface area (Å²) >= 11 is 15.9. The molecule has 1 N–H and O–H groups in total. The summed E-state index contributed by atoms with van der Waals surface area (Å²) in [4.78, 5) is 18.0. The van der Waals surface area contributed by atoms with Crippen molar-refractivity contribution in [2.24, 2.45) is 11.0 Å². The highest BCUT2D eigenvalue weighted by Gasteiger charge is 2.29. The number of rotatable bonds is 5. The number of nitrogens with one attached hydrogen (secondary N) is 1. The quantitative estimate of drug-likeness (QED) is 0.211. The highest BCUT2D eigenvalue weighted by Crippen LogP contribution is 2.34. The molecular formula is C26H18BrCl2N3O. The standard InChI is InChI=1S/C26H18BrCl2N3O/c27-17-9-7-16(8-10-17)25(15-5-6-15)31-32-26(33)21-14-24(20-12-11-18(28)13-22(20)29)30-23-4-2-1-3-19(21)23/h1-4,7-15H,5-6H2,(H,32,33)/b31-25-. The van der Waals surface area contributed by atoms with Crippen molar-refractivity contribution in [3.8, 4) is 11.3 Å². The van der Waals surface area contributed by atoms with E-state index in [1.54, 1.807) is 24.3 Å². The first-order valence-electron chi connectivity index (χ1n) is 10.5. The summed E-state index contributed by atoms with van der Waals surface area (Å²) in [6.45, 7) is 0. The van der Waals surface area contributed by atoms with Gasteiger partial charge in [-0.15, -0.1) is 0 Å². The monoisotopic (exact) mass is 537 g/mol. The van der Waals surface area contributed by atoms with Crippen molar-refractivity contribution in [3.05, 3.63) is 98.4 Å². The van der Waals surface area contributed by atoms with Gasteiger partial charge in [-0.05, 0) is 60.9 Å². The number of nitrogens with zero attached hydrogens (tertiary/aromatic N) is 2. The van der Waals surface area contributed by atoms with Gasteiger partial charge in [0.2, 0.25) is 0 Å². The molecule has 3 aromatic carbocycles. The van der Waals surface area contributed by atoms with Crippen LogP contribution in [-0.4, -0.2) is 16.6 Å². The number of aromatic nitrogens is 1. The maximum Gasteiger partial charge on any atom is 0.272 e. The van der Waals surface area contributed by atoms with Gasteiger partial charge in [0, 0.05) is 26.4 Å². The Morgan fingerprint density at radius 1 is 1.00 bits per heavy atom. The SMILES string of the molecule is O=C(N/N=C(\c1ccc(Br)cc1)C1CC1)c1cc(-c2ccc(Cl)cc2Cl)nc2ccccc12. The Hall–Kier alpha value is -2.73. The Bertz CT molecular complexity index is 1400. The fourth-order valence-corrected chi connectivity index (χ4v) is 4.51. The van der Waals surface area contributed by atoms with Gasteiger partial charge < -0.3 is 0 Å². The van der Waals surface area contributed by atoms with Crippen LogP contribution in [0.2, 0.25) is 10.0 Å². The van der Waals surface area contributed by atoms with Crippen LogP contribution in [0.15, 0.2) is 82.4 Å². The molecule has 33 heavy (non-hydrogen) atoms. The number of para-hydroxylation sites is 1. The zero-order valence-corrected chi connectivity index (χ0v) is 20.5. The number of pyridine rings is 1. The third-order valence-corrected chi connectivity index (χ3v) is 6.63. The Kier molecular flexibility index (Phi) is 6.19. The largest absolute Gasteiger partial charge is 0.272 e. The maximum atomic E-state index is 13.3. The average molecular weight is 539 g/mol. The summed E-state index contributed by atoms with van der Waals surface area (Å²) in [5.41, 5.74) is 7.18. The fourth-order valence-electron chi connectivity index (χ4n) is 3.74. The third-order valence-electron chi connectivity index (χ3n) is 5.55. The molecule has 0 aliphatic heterocycles. The number of amides is 1. The number of halogens is 3. The minimum atomic E-state index is -0.296. The van der Waals surface area contributed by atoms with Crippen LogP contribution in [0.4, 0.5) is 0 Å². The van der Waals surface area contributed by atoms with Gasteiger partial charge in [0.25, 0.3) is 5.91 Å². The molecule has 0 saturated heterocycles. The lowest BCUT2D eigenvalue weighted by atomic mass is 10.0. The van der Waals surface area contributed by atoms with E-state index in [4.69, 9.17) is 28.2 Å². The summed E-state index contributed by atoms with van der Waals surface area (Å²) in [5, 5.41) is 6.30. The normalized spacial score (nSPS) is 13.8. The number of hydrogen-bond acceptors (Lipinski definition) is 3. The van der Waals surface area contributed by atoms with E-state index >= 15 is 0 Å². The molecule has 0 atom stereocenters. The van der Waals surface area contributed by atoms with Gasteiger partial charge in [-0.25, -0.2) is 10.4 Å². The van der Waals surface area contributed by atoms with Crippen LogP contribution in [-0.2, 0) is 0 Å². The van der Waals surface area contributed by atoms with E-state index in [9.17, 15) is 4.79 Å². The first-order chi connectivity index (χ1) is 16.0. The molecule has 1 aromatic heterocycles. The van der Waals surface area contributed by atoms with E-state index in [2.05, 4.69) is 26.5 Å². The lowest BCUT2D eigenvalue weighted by Crippen LogP contribution is -2.21. The number of carbonyl (C=O) groups is 1. The van der Waals surface area contributed by atoms with E-state index in [0.717, 1.165) is 34.0 Å². The molecule has 164 valence electrons. The zero-order chi connectivity index (χ0) is 22.9. The van der Waals surface area contributed by atoms with Crippen LogP contribution in [0.1, 0.15) is 28.8 Å². The minimum absolute atomic E-state index is 0.296. The lowest BCUT2D eigenvalue weighted by molar-refractivity contribution is 0.0956. The minimum Gasteiger partial charge on any atom is -0.267 e. The first kappa shape index (κ1) is 22.1. The van der Waals surface area contributed by atoms with E-state index in [0.29, 0.717) is 38.3 Å². The van der Waals surface area contributed by atoms with Crippen molar-refractivity contribution in [2.75, 3.05) is 0 Å². The van der Waals surface area contributed by atoms with E-state index in [1.165, 1.54) is 0 Å². The molecule has 4 nitrogen and oxygen atoms in total. The lowest BCUT2D eigenvalue weighted by Gasteiger charge is -2.11. The van der Waals surface area contributed by atoms with Gasteiger partial charge in [-0.1, -0.05) is 69.5 Å². The van der Waals surface area contributed by atoms with Crippen LogP contribution in [0.25, 0.3) is 22.2 Å². The van der Waals surface area contributed by atoms with E-state index < -0.39 is 0 Å². The van der Waals surface area contributed by atoms with Gasteiger partial charge >= 0.3 is 0 Å². The fraction of sp³-hybridized carbons (Fsp3) is 0.115. The molecule has 7 heteroatoms. The Labute approximate surface area is 209 Å². The average Bonchev–Trinajstić information content (AvgIpc) is 3.65. The summed E-state index contributed by atoms with van der Waals surface area (Å²) in [7, 11) is 0. The van der Waals surface area contributed by atoms with Crippen molar-refractivity contribution < 1.29 is 4.79 Å². The number of benzene rings is 3. The second kappa shape index (κ2) is 9.26. The number of carbonyl (C=O) groups excluding carboxylic acids is 1. The molecule has 0 radical (unpaired) electrons. The van der Waals surface area contributed by atoms with Crippen LogP contribution in [0, 0.1) is 5.92 Å². The van der Waals surface area contributed by atoms with Gasteiger partial charge in [-0.2, -0.15) is 5.10 Å². The van der Waals surface area contributed by atoms with Crippen molar-refractivity contribution in [3.63, 3.8) is 0 Å². The second-order valence-corrected chi connectivity index (χ2v) is 9.67. The van der Waals surface area contributed by atoms with E-state index in [-0.39, 0.29) is 5.91 Å². The van der Waals surface area contributed by atoms with Crippen LogP contribution < -0.4 is 5.43 Å². The molecule has 0 bridgehead atoms. The topological polar surface area (TPSA) is 54.4 Å². The molecule has 1 saturated carbocycles. The summed E-state index contributed by atoms with van der Waals surface area (Å²) in [5.74, 6) is 0.0688. The van der Waals surface area contributed by atoms with Crippen molar-refractivity contribution in [2.45, 2.75) is 12.8 Å². The predicted molar refractivity (Wildman–Crippen MR) is 138 cm³/mol. The molecule has 1 amide bonds. The van der Waals surface area contributed by atoms with Crippen LogP contribution in [0.3, 0.4) is 0 Å². The van der Waals surface area contributed by atoms with Gasteiger partial charge in [0.1, 0.15) is 0 Å². The molecule has 0 unspecified atom stereocenters. The van der Waals surface area contributed by atoms with Crippen molar-refractivity contribution in [1.29, 1.82) is 0 Å². The molecule has 4 aromatic rings. The maximum absolute atomic E-state index is 13.3. The van der Waals surface area contributed by atoms with Crippen molar-refractivity contribution >= 4 is 61.7 Å². The van der Waals surface area contributed by atoms with Crippen molar-refractivity contribution in [1.82, 2.24) is 10.4 Å². The summed E-state index contributed by atoms with van der Waals surface area (Å²) in [6.07, 6.45) is 2.14. The van der Waals surface area contributed by atoms with Gasteiger partial charge in [-0.3, -0.25) is 4.79 Å². The van der Waals surface area contributed by atoms with Gasteiger partial charge in [0.15, 0.2) is 0 Å². The number of hydrogen-bond donors (Lipinski definition) is 1. The zero-order valence-electron chi connectivity index (χ0n) is 17.4. The molecular weight excluding hydrogens is 521 g/mol. The predicted octanol–water partition coefficient (Wildman–Crippen LogP) is 7.52. The molecule has 1 aliphatic rings. The molecule has 0 spiro atoms. The first-order valence-corrected chi connectivity index (χ1v) is 12.0. The summed E-state index contributed by atoms with van der Waals surface area (Å²) in [6, 6.07) is 22.5. The number of hydrazone groups is 1. The molecule has 5 rings (SSSR count). The van der Waals surface area contributed by atoms with E-state index in [1.807, 2.05) is 48.5 Å². The highest BCUT2D eigenvalue weighted by atomic mass is 79.9. The Balaban J connectivity index is 1.53.